The van der Waals surface area contributed by atoms with Crippen LogP contribution >= 0.6 is 0 Å². The Balaban J connectivity index is 1.98. The first-order chi connectivity index (χ1) is 17.0. The second kappa shape index (κ2) is 13.1. The minimum atomic E-state index is -1.16. The summed E-state index contributed by atoms with van der Waals surface area (Å²) in [4.78, 5) is 49.2. The third-order valence-corrected chi connectivity index (χ3v) is 4.28. The van der Waals surface area contributed by atoms with Gasteiger partial charge in [0.25, 0.3) is 0 Å². The molecule has 4 N–H and O–H groups in total. The first kappa shape index (κ1) is 28.1. The van der Waals surface area contributed by atoms with E-state index in [1.54, 1.807) is 52.0 Å². The summed E-state index contributed by atoms with van der Waals surface area (Å²) < 4.78 is 20.6. The molecular weight excluding hydrogens is 470 g/mol. The molecule has 1 unspecified atom stereocenters. The number of ether oxygens (including phenoxy) is 4. The molecule has 0 radical (unpaired) electrons. The summed E-state index contributed by atoms with van der Waals surface area (Å²) in [5.41, 5.74) is 5.60. The van der Waals surface area contributed by atoms with Crippen molar-refractivity contribution >= 4 is 29.8 Å². The van der Waals surface area contributed by atoms with Gasteiger partial charge in [-0.3, -0.25) is 10.1 Å². The van der Waals surface area contributed by atoms with Gasteiger partial charge in [0.2, 0.25) is 0 Å². The van der Waals surface area contributed by atoms with Gasteiger partial charge in [-0.2, -0.15) is 0 Å². The third kappa shape index (κ3) is 9.63. The van der Waals surface area contributed by atoms with Crippen molar-refractivity contribution in [2.75, 3.05) is 11.9 Å². The Bertz CT molecular complexity index is 1070. The number of nitrogens with one attached hydrogen (secondary N) is 2. The highest BCUT2D eigenvalue weighted by Crippen LogP contribution is 2.30. The lowest BCUT2D eigenvalue weighted by Crippen LogP contribution is -2.43. The zero-order valence-electron chi connectivity index (χ0n) is 20.7. The van der Waals surface area contributed by atoms with Gasteiger partial charge in [-0.15, -0.1) is 0 Å². The van der Waals surface area contributed by atoms with Gasteiger partial charge in [-0.1, -0.05) is 36.4 Å². The van der Waals surface area contributed by atoms with E-state index in [9.17, 15) is 19.2 Å². The van der Waals surface area contributed by atoms with Crippen LogP contribution < -0.4 is 21.1 Å². The molecule has 2 aromatic rings. The molecule has 2 amide bonds. The largest absolute Gasteiger partial charge is 0.492 e. The van der Waals surface area contributed by atoms with E-state index >= 15 is 0 Å². The first-order valence-corrected chi connectivity index (χ1v) is 11.2. The van der Waals surface area contributed by atoms with Crippen molar-refractivity contribution < 1.29 is 38.1 Å². The Labute approximate surface area is 209 Å². The van der Waals surface area contributed by atoms with E-state index < -0.39 is 42.3 Å². The van der Waals surface area contributed by atoms with Crippen molar-refractivity contribution in [3.63, 3.8) is 0 Å². The molecular formula is C25H31N3O8. The highest BCUT2D eigenvalue weighted by Gasteiger charge is 2.25. The van der Waals surface area contributed by atoms with Crippen LogP contribution in [0.3, 0.4) is 0 Å². The summed E-state index contributed by atoms with van der Waals surface area (Å²) in [6.45, 7) is 7.05. The van der Waals surface area contributed by atoms with Gasteiger partial charge < -0.3 is 30.0 Å². The molecule has 2 aromatic carbocycles. The number of para-hydroxylation sites is 1. The van der Waals surface area contributed by atoms with Gasteiger partial charge in [-0.05, 0) is 45.4 Å². The Morgan fingerprint density at radius 3 is 2.31 bits per heavy atom. The molecule has 0 saturated heterocycles. The number of amides is 2. The van der Waals surface area contributed by atoms with Crippen LogP contribution in [0.5, 0.6) is 5.75 Å². The Morgan fingerprint density at radius 2 is 1.67 bits per heavy atom. The number of esters is 2. The molecule has 0 aliphatic rings. The zero-order chi connectivity index (χ0) is 26.7. The van der Waals surface area contributed by atoms with Crippen molar-refractivity contribution in [1.29, 1.82) is 0 Å². The van der Waals surface area contributed by atoms with Crippen LogP contribution in [0.2, 0.25) is 0 Å². The van der Waals surface area contributed by atoms with Crippen LogP contribution in [0.1, 0.15) is 50.0 Å². The van der Waals surface area contributed by atoms with Crippen LogP contribution in [0.15, 0.2) is 48.5 Å². The molecule has 0 heterocycles. The van der Waals surface area contributed by atoms with Gasteiger partial charge >= 0.3 is 24.1 Å². The first-order valence-electron chi connectivity index (χ1n) is 11.2. The maximum absolute atomic E-state index is 12.7. The molecule has 11 heteroatoms. The van der Waals surface area contributed by atoms with E-state index in [2.05, 4.69) is 10.6 Å². The van der Waals surface area contributed by atoms with E-state index in [0.29, 0.717) is 0 Å². The van der Waals surface area contributed by atoms with Crippen molar-refractivity contribution in [1.82, 2.24) is 5.32 Å². The maximum Gasteiger partial charge on any atom is 0.412 e. The van der Waals surface area contributed by atoms with Crippen LogP contribution in [0, 0.1) is 0 Å². The number of hydrogen-bond donors (Lipinski definition) is 3. The lowest BCUT2D eigenvalue weighted by atomic mass is 10.1. The Hall–Kier alpha value is -4.12. The molecule has 11 nitrogen and oxygen atoms in total. The molecule has 0 spiro atoms. The minimum absolute atomic E-state index is 0.0155. The predicted octanol–water partition coefficient (Wildman–Crippen LogP) is 3.72. The number of carbonyl (C=O) groups excluding carboxylic acids is 4. The lowest BCUT2D eigenvalue weighted by molar-refractivity contribution is -0.138. The molecule has 0 fully saturated rings. The minimum Gasteiger partial charge on any atom is -0.492 e. The molecule has 1 atom stereocenters. The summed E-state index contributed by atoms with van der Waals surface area (Å²) in [5.74, 6) is -1.86. The number of benzene rings is 2. The second-order valence-corrected chi connectivity index (χ2v) is 8.52. The van der Waals surface area contributed by atoms with Crippen molar-refractivity contribution in [2.24, 2.45) is 5.73 Å². The molecule has 0 bridgehead atoms. The van der Waals surface area contributed by atoms with E-state index in [1.165, 1.54) is 18.2 Å². The molecule has 0 saturated carbocycles. The van der Waals surface area contributed by atoms with Gasteiger partial charge in [0.15, 0.2) is 0 Å². The monoisotopic (exact) mass is 501 g/mol. The molecule has 0 aliphatic heterocycles. The summed E-state index contributed by atoms with van der Waals surface area (Å²) >= 11 is 0. The smallest absolute Gasteiger partial charge is 0.412 e. The second-order valence-electron chi connectivity index (χ2n) is 8.52. The van der Waals surface area contributed by atoms with Crippen molar-refractivity contribution in [3.8, 4) is 5.75 Å². The van der Waals surface area contributed by atoms with E-state index in [1.807, 2.05) is 6.07 Å². The van der Waals surface area contributed by atoms with Gasteiger partial charge in [0.05, 0.1) is 24.8 Å². The number of nitrogens with two attached hydrogens (primary N) is 1. The Kier molecular flexibility index (Phi) is 10.2. The number of carbonyl (C=O) groups is 4. The lowest BCUT2D eigenvalue weighted by Gasteiger charge is -2.21. The standard InChI is InChI=1S/C25H31N3O8/c1-5-33-18-13-9-12-17(21(18)28-24(32)36-25(2,3)4)22(30)35-20(29)14-19(26)27-23(31)34-15-16-10-7-6-8-11-16/h6-13,19H,5,14-15,26H2,1-4H3,(H,27,31)(H,28,32). The van der Waals surface area contributed by atoms with Crippen LogP contribution in [-0.4, -0.2) is 42.5 Å². The molecule has 0 aliphatic carbocycles. The zero-order valence-corrected chi connectivity index (χ0v) is 20.7. The normalized spacial score (nSPS) is 11.6. The third-order valence-electron chi connectivity index (χ3n) is 4.28. The molecule has 194 valence electrons. The highest BCUT2D eigenvalue weighted by molar-refractivity contribution is 6.05. The summed E-state index contributed by atoms with van der Waals surface area (Å²) in [6, 6.07) is 13.4. The summed E-state index contributed by atoms with van der Waals surface area (Å²) in [5, 5.41) is 4.76. The van der Waals surface area contributed by atoms with Gasteiger partial charge in [-0.25, -0.2) is 14.4 Å². The molecule has 0 aromatic heterocycles. The van der Waals surface area contributed by atoms with E-state index in [4.69, 9.17) is 24.7 Å². The number of alkyl carbamates (subject to hydrolysis) is 1. The maximum atomic E-state index is 12.7. The van der Waals surface area contributed by atoms with E-state index in [-0.39, 0.29) is 30.2 Å². The summed E-state index contributed by atoms with van der Waals surface area (Å²) in [6.07, 6.45) is -3.33. The fourth-order valence-corrected chi connectivity index (χ4v) is 2.86. The van der Waals surface area contributed by atoms with Gasteiger partial charge in [0.1, 0.15) is 23.6 Å². The highest BCUT2D eigenvalue weighted by atomic mass is 16.6. The number of anilines is 1. The average molecular weight is 502 g/mol. The topological polar surface area (TPSA) is 155 Å². The van der Waals surface area contributed by atoms with E-state index in [0.717, 1.165) is 5.56 Å². The number of rotatable bonds is 9. The fraction of sp³-hybridized carbons (Fsp3) is 0.360. The van der Waals surface area contributed by atoms with Crippen LogP contribution in [-0.2, 0) is 25.6 Å². The van der Waals surface area contributed by atoms with Crippen LogP contribution in [0.25, 0.3) is 0 Å². The average Bonchev–Trinajstić information content (AvgIpc) is 2.78. The quantitative estimate of drug-likeness (QED) is 0.202. The van der Waals surface area contributed by atoms with Crippen LogP contribution in [0.4, 0.5) is 15.3 Å². The van der Waals surface area contributed by atoms with Crippen molar-refractivity contribution in [2.45, 2.75) is 52.5 Å². The predicted molar refractivity (Wildman–Crippen MR) is 130 cm³/mol. The number of hydrogen-bond acceptors (Lipinski definition) is 9. The molecule has 2 rings (SSSR count). The molecule has 36 heavy (non-hydrogen) atoms. The fourth-order valence-electron chi connectivity index (χ4n) is 2.86. The Morgan fingerprint density at radius 1 is 0.972 bits per heavy atom. The summed E-state index contributed by atoms with van der Waals surface area (Å²) in [7, 11) is 0. The van der Waals surface area contributed by atoms with Crippen molar-refractivity contribution in [3.05, 3.63) is 59.7 Å². The SMILES string of the molecule is CCOc1cccc(C(=O)OC(=O)CC(N)NC(=O)OCc2ccccc2)c1NC(=O)OC(C)(C)C. The van der Waals surface area contributed by atoms with Gasteiger partial charge in [0, 0.05) is 0 Å².